The molecule has 2 aliphatic carbocycles. The predicted octanol–water partition coefficient (Wildman–Crippen LogP) is 11.2. The molecule has 5 heteroatoms. The van der Waals surface area contributed by atoms with Crippen molar-refractivity contribution in [3.8, 4) is 0 Å². The van der Waals surface area contributed by atoms with Crippen LogP contribution in [-0.4, -0.2) is 6.04 Å². The molecule has 6 aromatic carbocycles. The van der Waals surface area contributed by atoms with Gasteiger partial charge in [-0.05, 0) is 90.2 Å². The summed E-state index contributed by atoms with van der Waals surface area (Å²) in [6.07, 6.45) is 11.0. The fraction of sp³-hybridized carbons (Fsp3) is 0.0833. The average Bonchev–Trinajstić information content (AvgIpc) is 3.89. The normalized spacial score (nSPS) is 17.5. The van der Waals surface area contributed by atoms with Crippen molar-refractivity contribution >= 4 is 73.0 Å². The molecule has 0 N–H and O–H groups in total. The molecule has 3 heterocycles. The van der Waals surface area contributed by atoms with E-state index in [1.165, 1.54) is 5.56 Å². The molecule has 0 radical (unpaired) electrons. The molecule has 0 spiro atoms. The van der Waals surface area contributed by atoms with Gasteiger partial charge in [-0.3, -0.25) is 0 Å². The third-order valence-electron chi connectivity index (χ3n) is 11.1. The lowest BCUT2D eigenvalue weighted by Gasteiger charge is -2.30. The number of nitrogens with zero attached hydrogens (tertiary/aromatic N) is 2. The van der Waals surface area contributed by atoms with Gasteiger partial charge < -0.3 is 18.6 Å². The average molecular weight is 689 g/mol. The predicted molar refractivity (Wildman–Crippen MR) is 213 cm³/mol. The van der Waals surface area contributed by atoms with Crippen molar-refractivity contribution in [3.05, 3.63) is 185 Å². The Bertz CT molecular complexity index is 2930. The van der Waals surface area contributed by atoms with Crippen LogP contribution in [0.3, 0.4) is 0 Å². The lowest BCUT2D eigenvalue weighted by molar-refractivity contribution is 0.566. The van der Waals surface area contributed by atoms with Crippen molar-refractivity contribution in [1.29, 1.82) is 0 Å². The van der Waals surface area contributed by atoms with Gasteiger partial charge in [0.1, 0.15) is 17.0 Å². The van der Waals surface area contributed by atoms with E-state index in [0.717, 1.165) is 96.0 Å². The summed E-state index contributed by atoms with van der Waals surface area (Å²) < 4.78 is 27.3. The van der Waals surface area contributed by atoms with Gasteiger partial charge >= 0.3 is 0 Å². The second-order valence-corrected chi connectivity index (χ2v) is 14.1. The fourth-order valence-electron chi connectivity index (χ4n) is 8.76. The smallest absolute Gasteiger partial charge is 0.159 e. The monoisotopic (exact) mass is 688 g/mol. The molecular formula is C48H33FN2O2. The van der Waals surface area contributed by atoms with Crippen LogP contribution < -0.4 is 20.4 Å². The number of benzene rings is 6. The van der Waals surface area contributed by atoms with Gasteiger partial charge in [0.2, 0.25) is 0 Å². The summed E-state index contributed by atoms with van der Waals surface area (Å²) in [5, 5.41) is 4.47. The van der Waals surface area contributed by atoms with Gasteiger partial charge in [-0.25, -0.2) is 4.39 Å². The van der Waals surface area contributed by atoms with Gasteiger partial charge in [-0.1, -0.05) is 103 Å². The molecule has 8 aromatic rings. The first-order valence-electron chi connectivity index (χ1n) is 18.3. The van der Waals surface area contributed by atoms with Gasteiger partial charge in [0.15, 0.2) is 11.0 Å². The lowest BCUT2D eigenvalue weighted by Crippen LogP contribution is -2.33. The van der Waals surface area contributed by atoms with E-state index in [0.29, 0.717) is 0 Å². The Hall–Kier alpha value is -6.59. The minimum atomic E-state index is -0.232. The number of furan rings is 2. The molecule has 254 valence electrons. The molecule has 0 saturated carbocycles. The Morgan fingerprint density at radius 1 is 0.679 bits per heavy atom. The number of rotatable bonds is 5. The number of anilines is 4. The Morgan fingerprint density at radius 3 is 2.26 bits per heavy atom. The second kappa shape index (κ2) is 11.7. The van der Waals surface area contributed by atoms with E-state index in [1.54, 1.807) is 12.1 Å². The van der Waals surface area contributed by atoms with Crippen LogP contribution >= 0.6 is 0 Å². The van der Waals surface area contributed by atoms with E-state index in [-0.39, 0.29) is 17.8 Å². The van der Waals surface area contributed by atoms with E-state index in [2.05, 4.69) is 125 Å². The summed E-state index contributed by atoms with van der Waals surface area (Å²) >= 11 is 0. The Morgan fingerprint density at radius 2 is 1.42 bits per heavy atom. The summed E-state index contributed by atoms with van der Waals surface area (Å²) in [6, 6.07) is 47.3. The van der Waals surface area contributed by atoms with Gasteiger partial charge in [0.25, 0.3) is 0 Å². The van der Waals surface area contributed by atoms with Crippen molar-refractivity contribution in [1.82, 2.24) is 0 Å². The maximum Gasteiger partial charge on any atom is 0.159 e. The minimum absolute atomic E-state index is 0.0697. The van der Waals surface area contributed by atoms with E-state index in [1.807, 2.05) is 36.4 Å². The third kappa shape index (κ3) is 4.67. The van der Waals surface area contributed by atoms with Crippen LogP contribution in [0.4, 0.5) is 27.1 Å². The highest BCUT2D eigenvalue weighted by atomic mass is 19.1. The minimum Gasteiger partial charge on any atom is -0.454 e. The lowest BCUT2D eigenvalue weighted by atomic mass is 9.87. The van der Waals surface area contributed by atoms with Crippen molar-refractivity contribution in [3.63, 3.8) is 0 Å². The maximum absolute atomic E-state index is 14.0. The summed E-state index contributed by atoms with van der Waals surface area (Å²) in [5.74, 6) is -0.0270. The Labute approximate surface area is 305 Å². The number of hydrogen-bond donors (Lipinski definition) is 0. The SMILES string of the molecule is Fc1ccc(N2c3ccccc3C3C=CC(c4ccc(N(C5=c6oc7ccccc7c6=CCC5)c5cccc6c5oc5ccccc56)cc4)=CC32)cc1. The molecule has 0 saturated heterocycles. The standard InChI is InChI=1S/C48H33FN2O2/c49-32-22-26-34(27-23-32)50-41-14-4-1-9-35(41)36-28-21-31(29-44(36)50)30-19-24-33(25-20-30)51(42-15-7-12-39-37-10-2-5-17-45(37)52-47(39)42)43-16-8-13-40-38-11-3-6-18-46(38)53-48(40)43/h1-7,9-15,17-29,36,44H,8,16H2. The topological polar surface area (TPSA) is 32.8 Å². The zero-order valence-corrected chi connectivity index (χ0v) is 28.7. The fourth-order valence-corrected chi connectivity index (χ4v) is 8.76. The molecule has 3 aliphatic rings. The largest absolute Gasteiger partial charge is 0.454 e. The quantitative estimate of drug-likeness (QED) is 0.180. The van der Waals surface area contributed by atoms with Crippen molar-refractivity contribution < 1.29 is 13.2 Å². The highest BCUT2D eigenvalue weighted by Gasteiger charge is 2.38. The molecule has 2 aromatic heterocycles. The van der Waals surface area contributed by atoms with Gasteiger partial charge in [-0.2, -0.15) is 0 Å². The highest BCUT2D eigenvalue weighted by molar-refractivity contribution is 6.10. The van der Waals surface area contributed by atoms with Crippen LogP contribution in [0.1, 0.15) is 29.9 Å². The number of para-hydroxylation sites is 4. The van der Waals surface area contributed by atoms with Crippen LogP contribution in [0.25, 0.3) is 50.3 Å². The van der Waals surface area contributed by atoms with E-state index in [4.69, 9.17) is 8.83 Å². The summed E-state index contributed by atoms with van der Waals surface area (Å²) in [4.78, 5) is 4.68. The number of fused-ring (bicyclic) bond motifs is 9. The molecule has 0 amide bonds. The van der Waals surface area contributed by atoms with Crippen LogP contribution in [0.2, 0.25) is 0 Å². The van der Waals surface area contributed by atoms with Crippen molar-refractivity contribution in [2.75, 3.05) is 9.80 Å². The van der Waals surface area contributed by atoms with Gasteiger partial charge in [0.05, 0.1) is 17.4 Å². The molecule has 2 atom stereocenters. The summed E-state index contributed by atoms with van der Waals surface area (Å²) in [5.41, 5.74) is 12.3. The van der Waals surface area contributed by atoms with Gasteiger partial charge in [-0.15, -0.1) is 0 Å². The molecular weight excluding hydrogens is 656 g/mol. The van der Waals surface area contributed by atoms with Crippen LogP contribution in [-0.2, 0) is 0 Å². The number of allylic oxidation sites excluding steroid dienone is 2. The van der Waals surface area contributed by atoms with Crippen LogP contribution in [0.5, 0.6) is 0 Å². The molecule has 4 nitrogen and oxygen atoms in total. The van der Waals surface area contributed by atoms with E-state index < -0.39 is 0 Å². The number of hydrogen-bond acceptors (Lipinski definition) is 4. The molecule has 0 bridgehead atoms. The Balaban J connectivity index is 1.05. The number of halogens is 1. The molecule has 1 aliphatic heterocycles. The third-order valence-corrected chi connectivity index (χ3v) is 11.1. The maximum atomic E-state index is 14.0. The summed E-state index contributed by atoms with van der Waals surface area (Å²) in [7, 11) is 0. The van der Waals surface area contributed by atoms with Gasteiger partial charge in [0, 0.05) is 44.4 Å². The van der Waals surface area contributed by atoms with Crippen molar-refractivity contribution in [2.45, 2.75) is 24.8 Å². The van der Waals surface area contributed by atoms with E-state index >= 15 is 0 Å². The first-order valence-corrected chi connectivity index (χ1v) is 18.3. The first kappa shape index (κ1) is 30.1. The molecule has 11 rings (SSSR count). The highest BCUT2D eigenvalue weighted by Crippen LogP contribution is 2.49. The second-order valence-electron chi connectivity index (χ2n) is 14.1. The molecule has 2 unspecified atom stereocenters. The zero-order chi connectivity index (χ0) is 35.0. The first-order chi connectivity index (χ1) is 26.2. The van der Waals surface area contributed by atoms with Crippen LogP contribution in [0.15, 0.2) is 167 Å². The molecule has 0 fully saturated rings. The molecule has 53 heavy (non-hydrogen) atoms. The summed E-state index contributed by atoms with van der Waals surface area (Å²) in [6.45, 7) is 0. The zero-order valence-electron chi connectivity index (χ0n) is 28.7. The Kier molecular flexibility index (Phi) is 6.65. The van der Waals surface area contributed by atoms with E-state index in [9.17, 15) is 4.39 Å². The van der Waals surface area contributed by atoms with Crippen LogP contribution in [0, 0.1) is 5.82 Å². The van der Waals surface area contributed by atoms with Crippen molar-refractivity contribution in [2.24, 2.45) is 0 Å².